The molecular formula is C26H24ClN5O5S2. The van der Waals surface area contributed by atoms with Gasteiger partial charge in [0.15, 0.2) is 0 Å². The van der Waals surface area contributed by atoms with E-state index in [1.807, 2.05) is 6.92 Å². The third-order valence-electron chi connectivity index (χ3n) is 5.58. The first kappa shape index (κ1) is 28.0. The van der Waals surface area contributed by atoms with Gasteiger partial charge in [0.1, 0.15) is 6.54 Å². The predicted molar refractivity (Wildman–Crippen MR) is 150 cm³/mol. The summed E-state index contributed by atoms with van der Waals surface area (Å²) < 4.78 is 55.5. The first-order valence-corrected chi connectivity index (χ1v) is 14.8. The lowest BCUT2D eigenvalue weighted by atomic mass is 10.2. The van der Waals surface area contributed by atoms with Gasteiger partial charge in [-0.1, -0.05) is 35.4 Å². The number of carbonyl (C=O) groups excluding carboxylic acids is 1. The fourth-order valence-corrected chi connectivity index (χ4v) is 6.01. The normalized spacial score (nSPS) is 11.6. The number of amides is 1. The Morgan fingerprint density at radius 1 is 0.872 bits per heavy atom. The van der Waals surface area contributed by atoms with Gasteiger partial charge in [0, 0.05) is 23.1 Å². The Morgan fingerprint density at radius 2 is 1.49 bits per heavy atom. The Kier molecular flexibility index (Phi) is 8.19. The molecule has 0 radical (unpaired) electrons. The van der Waals surface area contributed by atoms with E-state index in [4.69, 9.17) is 11.6 Å². The van der Waals surface area contributed by atoms with E-state index in [1.54, 1.807) is 37.3 Å². The van der Waals surface area contributed by atoms with Crippen molar-refractivity contribution in [2.45, 2.75) is 23.6 Å². The van der Waals surface area contributed by atoms with Crippen LogP contribution in [-0.4, -0.2) is 39.3 Å². The molecule has 0 aliphatic heterocycles. The van der Waals surface area contributed by atoms with E-state index in [0.29, 0.717) is 5.02 Å². The molecule has 3 aromatic carbocycles. The fraction of sp³-hybridized carbons (Fsp3) is 0.115. The molecule has 4 aromatic rings. The molecule has 10 nitrogen and oxygen atoms in total. The van der Waals surface area contributed by atoms with Crippen LogP contribution in [-0.2, 0) is 24.8 Å². The number of hydrogen-bond acceptors (Lipinski definition) is 7. The minimum atomic E-state index is -4.13. The fourth-order valence-electron chi connectivity index (χ4n) is 3.47. The predicted octanol–water partition coefficient (Wildman–Crippen LogP) is 4.38. The number of nitrogens with zero attached hydrogens (tertiary/aromatic N) is 3. The second kappa shape index (κ2) is 11.4. The van der Waals surface area contributed by atoms with Crippen LogP contribution in [0.4, 0.5) is 17.3 Å². The molecule has 0 unspecified atom stereocenters. The summed E-state index contributed by atoms with van der Waals surface area (Å²) in [6, 6.07) is 17.9. The first-order valence-electron chi connectivity index (χ1n) is 11.5. The van der Waals surface area contributed by atoms with Crippen LogP contribution in [0.3, 0.4) is 0 Å². The second-order valence-electron chi connectivity index (χ2n) is 8.51. The van der Waals surface area contributed by atoms with E-state index < -0.39 is 32.5 Å². The van der Waals surface area contributed by atoms with Gasteiger partial charge < -0.3 is 5.32 Å². The standard InChI is InChI=1S/C26H24ClN5O5S2/c1-18-4-10-23(11-5-18)39(36,37)32(21-9-6-19(2)24(27)16-21)17-25(33)30-20-7-12-22(13-8-20)38(34,35)31-26-28-14-3-15-29-26/h3-16H,17H2,1-2H3,(H,30,33)(H,28,29,31). The Labute approximate surface area is 231 Å². The number of sulfonamides is 2. The highest BCUT2D eigenvalue weighted by Gasteiger charge is 2.28. The summed E-state index contributed by atoms with van der Waals surface area (Å²) in [5.41, 5.74) is 2.12. The molecule has 0 fully saturated rings. The molecule has 0 saturated carbocycles. The summed E-state index contributed by atoms with van der Waals surface area (Å²) in [5.74, 6) is -0.727. The van der Waals surface area contributed by atoms with Gasteiger partial charge in [-0.05, 0) is 74.0 Å². The highest BCUT2D eigenvalue weighted by atomic mass is 35.5. The van der Waals surface area contributed by atoms with Crippen molar-refractivity contribution >= 4 is 54.9 Å². The third-order valence-corrected chi connectivity index (χ3v) is 9.12. The van der Waals surface area contributed by atoms with E-state index in [0.717, 1.165) is 15.4 Å². The summed E-state index contributed by atoms with van der Waals surface area (Å²) >= 11 is 6.26. The number of carbonyl (C=O) groups is 1. The van der Waals surface area contributed by atoms with Crippen molar-refractivity contribution in [1.82, 2.24) is 9.97 Å². The summed E-state index contributed by atoms with van der Waals surface area (Å²) in [6.07, 6.45) is 2.80. The average Bonchev–Trinajstić information content (AvgIpc) is 2.90. The highest BCUT2D eigenvalue weighted by molar-refractivity contribution is 7.93. The van der Waals surface area contributed by atoms with E-state index >= 15 is 0 Å². The van der Waals surface area contributed by atoms with Crippen molar-refractivity contribution in [2.75, 3.05) is 20.9 Å². The molecule has 0 bridgehead atoms. The van der Waals surface area contributed by atoms with Gasteiger partial charge >= 0.3 is 0 Å². The number of aryl methyl sites for hydroxylation is 2. The summed E-state index contributed by atoms with van der Waals surface area (Å²) in [6.45, 7) is 3.07. The van der Waals surface area contributed by atoms with Crippen LogP contribution in [0, 0.1) is 13.8 Å². The maximum Gasteiger partial charge on any atom is 0.264 e. The number of rotatable bonds is 9. The SMILES string of the molecule is Cc1ccc(S(=O)(=O)N(CC(=O)Nc2ccc(S(=O)(=O)Nc3ncccn3)cc2)c2ccc(C)c(Cl)c2)cc1. The smallest absolute Gasteiger partial charge is 0.264 e. The topological polar surface area (TPSA) is 138 Å². The highest BCUT2D eigenvalue weighted by Crippen LogP contribution is 2.28. The number of nitrogens with one attached hydrogen (secondary N) is 2. The van der Waals surface area contributed by atoms with Gasteiger partial charge in [-0.3, -0.25) is 9.10 Å². The zero-order valence-corrected chi connectivity index (χ0v) is 23.3. The van der Waals surface area contributed by atoms with Crippen molar-refractivity contribution < 1.29 is 21.6 Å². The molecule has 0 aliphatic carbocycles. The van der Waals surface area contributed by atoms with Gasteiger partial charge in [0.25, 0.3) is 20.0 Å². The van der Waals surface area contributed by atoms with Crippen LogP contribution >= 0.6 is 11.6 Å². The van der Waals surface area contributed by atoms with Crippen LogP contribution < -0.4 is 14.3 Å². The minimum Gasteiger partial charge on any atom is -0.325 e. The van der Waals surface area contributed by atoms with E-state index in [-0.39, 0.29) is 27.1 Å². The maximum absolute atomic E-state index is 13.6. The summed E-state index contributed by atoms with van der Waals surface area (Å²) in [7, 11) is -8.09. The molecule has 0 atom stereocenters. The lowest BCUT2D eigenvalue weighted by Gasteiger charge is -2.24. The van der Waals surface area contributed by atoms with Crippen molar-refractivity contribution in [3.8, 4) is 0 Å². The molecule has 13 heteroatoms. The molecule has 0 saturated heterocycles. The van der Waals surface area contributed by atoms with Crippen LogP contribution in [0.2, 0.25) is 5.02 Å². The Hall–Kier alpha value is -4.00. The number of anilines is 3. The van der Waals surface area contributed by atoms with Gasteiger partial charge in [-0.2, -0.15) is 0 Å². The lowest BCUT2D eigenvalue weighted by molar-refractivity contribution is -0.114. The van der Waals surface area contributed by atoms with Gasteiger partial charge in [0.05, 0.1) is 15.5 Å². The molecule has 4 rings (SSSR count). The monoisotopic (exact) mass is 585 g/mol. The van der Waals surface area contributed by atoms with Crippen molar-refractivity contribution in [3.63, 3.8) is 0 Å². The largest absolute Gasteiger partial charge is 0.325 e. The molecule has 1 aromatic heterocycles. The van der Waals surface area contributed by atoms with Crippen LogP contribution in [0.5, 0.6) is 0 Å². The molecular weight excluding hydrogens is 562 g/mol. The number of hydrogen-bond donors (Lipinski definition) is 2. The molecule has 202 valence electrons. The number of benzene rings is 3. The molecule has 2 N–H and O–H groups in total. The molecule has 39 heavy (non-hydrogen) atoms. The Bertz CT molecular complexity index is 1700. The first-order chi connectivity index (χ1) is 18.5. The summed E-state index contributed by atoms with van der Waals surface area (Å²) in [5, 5.41) is 2.96. The Balaban J connectivity index is 1.55. The van der Waals surface area contributed by atoms with Crippen LogP contribution in [0.15, 0.2) is 95.0 Å². The average molecular weight is 586 g/mol. The van der Waals surface area contributed by atoms with Crippen molar-refractivity contribution in [1.29, 1.82) is 0 Å². The van der Waals surface area contributed by atoms with Crippen LogP contribution in [0.1, 0.15) is 11.1 Å². The van der Waals surface area contributed by atoms with Crippen LogP contribution in [0.25, 0.3) is 0 Å². The third kappa shape index (κ3) is 6.72. The van der Waals surface area contributed by atoms with Crippen molar-refractivity contribution in [2.24, 2.45) is 0 Å². The lowest BCUT2D eigenvalue weighted by Crippen LogP contribution is -2.38. The summed E-state index contributed by atoms with van der Waals surface area (Å²) in [4.78, 5) is 20.6. The quantitative estimate of drug-likeness (QED) is 0.297. The van der Waals surface area contributed by atoms with Gasteiger partial charge in [0.2, 0.25) is 11.9 Å². The molecule has 0 spiro atoms. The molecule has 1 heterocycles. The van der Waals surface area contributed by atoms with E-state index in [2.05, 4.69) is 20.0 Å². The zero-order chi connectivity index (χ0) is 28.2. The second-order valence-corrected chi connectivity index (χ2v) is 12.5. The molecule has 0 aliphatic rings. The zero-order valence-electron chi connectivity index (χ0n) is 20.9. The Morgan fingerprint density at radius 3 is 2.10 bits per heavy atom. The molecule has 1 amide bonds. The number of halogens is 1. The van der Waals surface area contributed by atoms with E-state index in [9.17, 15) is 21.6 Å². The number of aromatic nitrogens is 2. The minimum absolute atomic E-state index is 0.0158. The van der Waals surface area contributed by atoms with Gasteiger partial charge in [-0.25, -0.2) is 31.5 Å². The van der Waals surface area contributed by atoms with Gasteiger partial charge in [-0.15, -0.1) is 0 Å². The van der Waals surface area contributed by atoms with E-state index in [1.165, 1.54) is 54.9 Å². The maximum atomic E-state index is 13.6. The van der Waals surface area contributed by atoms with Crippen molar-refractivity contribution in [3.05, 3.63) is 101 Å².